The van der Waals surface area contributed by atoms with Crippen LogP contribution in [0.2, 0.25) is 0 Å². The minimum atomic E-state index is -0.394. The van der Waals surface area contributed by atoms with E-state index in [1.54, 1.807) is 6.20 Å². The van der Waals surface area contributed by atoms with E-state index in [-0.39, 0.29) is 0 Å². The number of allylic oxidation sites excluding steroid dienone is 1. The molecule has 0 saturated heterocycles. The van der Waals surface area contributed by atoms with E-state index in [1.165, 1.54) is 10.3 Å². The Morgan fingerprint density at radius 2 is 2.43 bits per heavy atom. The van der Waals surface area contributed by atoms with E-state index in [4.69, 9.17) is 0 Å². The summed E-state index contributed by atoms with van der Waals surface area (Å²) in [5.74, 6) is 0. The summed E-state index contributed by atoms with van der Waals surface area (Å²) in [6.07, 6.45) is 4.73. The van der Waals surface area contributed by atoms with Gasteiger partial charge in [-0.2, -0.15) is 0 Å². The number of aromatic nitrogens is 3. The summed E-state index contributed by atoms with van der Waals surface area (Å²) < 4.78 is 13.5. The molecule has 4 heteroatoms. The summed E-state index contributed by atoms with van der Waals surface area (Å²) in [5, 5.41) is 7.76. The van der Waals surface area contributed by atoms with Crippen molar-refractivity contribution in [1.82, 2.24) is 15.0 Å². The second-order valence-corrected chi connectivity index (χ2v) is 3.47. The summed E-state index contributed by atoms with van der Waals surface area (Å²) in [5.41, 5.74) is 2.11. The van der Waals surface area contributed by atoms with Crippen molar-refractivity contribution in [3.63, 3.8) is 0 Å². The topological polar surface area (TPSA) is 30.7 Å². The predicted molar refractivity (Wildman–Crippen MR) is 53.7 cm³/mol. The molecule has 1 heterocycles. The van der Waals surface area contributed by atoms with E-state index < -0.39 is 6.67 Å². The Balaban J connectivity index is 2.32. The van der Waals surface area contributed by atoms with Crippen LogP contribution in [-0.4, -0.2) is 21.7 Å². The van der Waals surface area contributed by atoms with Crippen LogP contribution in [0, 0.1) is 0 Å². The lowest BCUT2D eigenvalue weighted by Gasteiger charge is -1.96. The standard InChI is InChI=1S/C10H16FN3/c1-9(2)4-3-5-10-8-14(7-6-11)13-12-10/h8H,1,3-7H2,2H3. The predicted octanol–water partition coefficient (Wildman–Crippen LogP) is 2.15. The quantitative estimate of drug-likeness (QED) is 0.654. The lowest BCUT2D eigenvalue weighted by Crippen LogP contribution is -1.99. The van der Waals surface area contributed by atoms with Gasteiger partial charge in [-0.1, -0.05) is 10.8 Å². The van der Waals surface area contributed by atoms with Crippen molar-refractivity contribution in [3.8, 4) is 0 Å². The fraction of sp³-hybridized carbons (Fsp3) is 0.600. The van der Waals surface area contributed by atoms with Gasteiger partial charge in [0.25, 0.3) is 0 Å². The van der Waals surface area contributed by atoms with Gasteiger partial charge >= 0.3 is 0 Å². The van der Waals surface area contributed by atoms with Gasteiger partial charge in [-0.25, -0.2) is 9.07 Å². The number of rotatable bonds is 6. The third-order valence-corrected chi connectivity index (χ3v) is 1.94. The van der Waals surface area contributed by atoms with E-state index in [0.29, 0.717) is 6.54 Å². The van der Waals surface area contributed by atoms with Gasteiger partial charge in [0, 0.05) is 6.20 Å². The molecule has 1 aromatic rings. The van der Waals surface area contributed by atoms with Crippen molar-refractivity contribution in [2.24, 2.45) is 0 Å². The first-order valence-corrected chi connectivity index (χ1v) is 4.81. The highest BCUT2D eigenvalue weighted by Gasteiger charge is 2.00. The monoisotopic (exact) mass is 197 g/mol. The zero-order chi connectivity index (χ0) is 10.4. The zero-order valence-electron chi connectivity index (χ0n) is 8.54. The van der Waals surface area contributed by atoms with Gasteiger partial charge in [-0.05, 0) is 26.2 Å². The van der Waals surface area contributed by atoms with Crippen LogP contribution in [0.1, 0.15) is 25.5 Å². The molecular weight excluding hydrogens is 181 g/mol. The Kier molecular flexibility index (Phi) is 4.29. The Bertz CT molecular complexity index is 293. The molecule has 3 nitrogen and oxygen atoms in total. The molecule has 0 saturated carbocycles. The lowest BCUT2D eigenvalue weighted by atomic mass is 10.1. The van der Waals surface area contributed by atoms with Crippen molar-refractivity contribution in [3.05, 3.63) is 24.0 Å². The van der Waals surface area contributed by atoms with Crippen molar-refractivity contribution < 1.29 is 4.39 Å². The minimum absolute atomic E-state index is 0.299. The van der Waals surface area contributed by atoms with Gasteiger partial charge in [0.2, 0.25) is 0 Å². The van der Waals surface area contributed by atoms with Crippen LogP contribution >= 0.6 is 0 Å². The third kappa shape index (κ3) is 3.68. The normalized spacial score (nSPS) is 10.4. The van der Waals surface area contributed by atoms with Crippen molar-refractivity contribution >= 4 is 0 Å². The highest BCUT2D eigenvalue weighted by Crippen LogP contribution is 2.05. The Morgan fingerprint density at radius 3 is 3.07 bits per heavy atom. The average molecular weight is 197 g/mol. The highest BCUT2D eigenvalue weighted by molar-refractivity contribution is 4.95. The van der Waals surface area contributed by atoms with E-state index in [1.807, 2.05) is 6.92 Å². The van der Waals surface area contributed by atoms with Gasteiger partial charge in [0.15, 0.2) is 0 Å². The van der Waals surface area contributed by atoms with Gasteiger partial charge in [0.05, 0.1) is 12.2 Å². The molecule has 0 N–H and O–H groups in total. The van der Waals surface area contributed by atoms with E-state index in [2.05, 4.69) is 16.9 Å². The number of hydrogen-bond acceptors (Lipinski definition) is 2. The first-order chi connectivity index (χ1) is 6.72. The van der Waals surface area contributed by atoms with Crippen molar-refractivity contribution in [1.29, 1.82) is 0 Å². The zero-order valence-corrected chi connectivity index (χ0v) is 8.54. The molecule has 1 rings (SSSR count). The van der Waals surface area contributed by atoms with Crippen LogP contribution in [0.25, 0.3) is 0 Å². The maximum Gasteiger partial charge on any atom is 0.109 e. The molecule has 1 aromatic heterocycles. The van der Waals surface area contributed by atoms with Crippen LogP contribution in [0.4, 0.5) is 4.39 Å². The van der Waals surface area contributed by atoms with E-state index in [9.17, 15) is 4.39 Å². The van der Waals surface area contributed by atoms with Crippen LogP contribution < -0.4 is 0 Å². The second kappa shape index (κ2) is 5.52. The summed E-state index contributed by atoms with van der Waals surface area (Å²) >= 11 is 0. The number of hydrogen-bond donors (Lipinski definition) is 0. The largest absolute Gasteiger partial charge is 0.250 e. The minimum Gasteiger partial charge on any atom is -0.250 e. The van der Waals surface area contributed by atoms with E-state index in [0.717, 1.165) is 25.0 Å². The molecule has 0 fully saturated rings. The summed E-state index contributed by atoms with van der Waals surface area (Å²) in [4.78, 5) is 0. The van der Waals surface area contributed by atoms with Gasteiger partial charge in [0.1, 0.15) is 6.67 Å². The molecule has 0 aliphatic rings. The molecule has 0 atom stereocenters. The fourth-order valence-corrected chi connectivity index (χ4v) is 1.22. The second-order valence-electron chi connectivity index (χ2n) is 3.47. The number of alkyl halides is 1. The molecule has 0 amide bonds. The molecule has 0 radical (unpaired) electrons. The SMILES string of the molecule is C=C(C)CCCc1cn(CCF)nn1. The van der Waals surface area contributed by atoms with Gasteiger partial charge in [-0.15, -0.1) is 11.7 Å². The molecule has 0 unspecified atom stereocenters. The van der Waals surface area contributed by atoms with Crippen molar-refractivity contribution in [2.75, 3.05) is 6.67 Å². The highest BCUT2D eigenvalue weighted by atomic mass is 19.1. The maximum atomic E-state index is 11.9. The lowest BCUT2D eigenvalue weighted by molar-refractivity contribution is 0.422. The Hall–Kier alpha value is -1.19. The first-order valence-electron chi connectivity index (χ1n) is 4.81. The summed E-state index contributed by atoms with van der Waals surface area (Å²) in [6.45, 7) is 5.75. The van der Waals surface area contributed by atoms with Crippen LogP contribution in [0.3, 0.4) is 0 Å². The molecule has 0 spiro atoms. The number of aryl methyl sites for hydroxylation is 2. The molecule has 0 aliphatic carbocycles. The third-order valence-electron chi connectivity index (χ3n) is 1.94. The molecule has 78 valence electrons. The molecule has 0 aromatic carbocycles. The smallest absolute Gasteiger partial charge is 0.109 e. The van der Waals surface area contributed by atoms with Gasteiger partial charge < -0.3 is 0 Å². The average Bonchev–Trinajstić information content (AvgIpc) is 2.53. The molecule has 0 aliphatic heterocycles. The molecule has 0 bridgehead atoms. The number of halogens is 1. The first kappa shape index (κ1) is 10.9. The summed E-state index contributed by atoms with van der Waals surface area (Å²) in [6, 6.07) is 0. The maximum absolute atomic E-state index is 11.9. The summed E-state index contributed by atoms with van der Waals surface area (Å²) in [7, 11) is 0. The number of nitrogens with zero attached hydrogens (tertiary/aromatic N) is 3. The van der Waals surface area contributed by atoms with Gasteiger partial charge in [-0.3, -0.25) is 0 Å². The van der Waals surface area contributed by atoms with Crippen LogP contribution in [0.5, 0.6) is 0 Å². The van der Waals surface area contributed by atoms with Crippen LogP contribution in [-0.2, 0) is 13.0 Å². The van der Waals surface area contributed by atoms with E-state index >= 15 is 0 Å². The van der Waals surface area contributed by atoms with Crippen molar-refractivity contribution in [2.45, 2.75) is 32.7 Å². The van der Waals surface area contributed by atoms with Crippen LogP contribution in [0.15, 0.2) is 18.3 Å². The Morgan fingerprint density at radius 1 is 1.64 bits per heavy atom. The molecule has 14 heavy (non-hydrogen) atoms. The molecular formula is C10H16FN3. The fourth-order valence-electron chi connectivity index (χ4n) is 1.22. The Labute approximate surface area is 83.6 Å².